The Bertz CT molecular complexity index is 857. The molecular weight excluding hydrogens is 334 g/mol. The average Bonchev–Trinajstić information content (AvgIpc) is 3.11. The monoisotopic (exact) mass is 347 g/mol. The number of thiophene rings is 1. The predicted octanol–water partition coefficient (Wildman–Crippen LogP) is 4.25. The highest BCUT2D eigenvalue weighted by atomic mass is 35.5. The van der Waals surface area contributed by atoms with Crippen LogP contribution in [0.2, 0.25) is 5.02 Å². The fourth-order valence-corrected chi connectivity index (χ4v) is 3.09. The van der Waals surface area contributed by atoms with Crippen LogP contribution < -0.4 is 5.32 Å². The molecule has 0 bridgehead atoms. The number of halogens is 1. The summed E-state index contributed by atoms with van der Waals surface area (Å²) in [7, 11) is 0. The van der Waals surface area contributed by atoms with Gasteiger partial charge in [0, 0.05) is 10.7 Å². The quantitative estimate of drug-likeness (QED) is 0.766. The standard InChI is InChI=1S/C16H14ClN3O2S/c1-9-3-4-11(17)7-12(9)18-13(21)8-14-19-20-16(22-14)15-10(2)5-6-23-15/h3-7H,8H2,1-2H3,(H,18,21). The maximum Gasteiger partial charge on any atom is 0.258 e. The lowest BCUT2D eigenvalue weighted by atomic mass is 10.2. The summed E-state index contributed by atoms with van der Waals surface area (Å²) in [6.45, 7) is 3.88. The van der Waals surface area contributed by atoms with Crippen LogP contribution in [0.3, 0.4) is 0 Å². The highest BCUT2D eigenvalue weighted by Gasteiger charge is 2.15. The smallest absolute Gasteiger partial charge is 0.258 e. The van der Waals surface area contributed by atoms with Crippen molar-refractivity contribution in [2.45, 2.75) is 20.3 Å². The number of nitrogens with zero attached hydrogens (tertiary/aromatic N) is 2. The lowest BCUT2D eigenvalue weighted by Crippen LogP contribution is -2.15. The van der Waals surface area contributed by atoms with Crippen molar-refractivity contribution < 1.29 is 9.21 Å². The number of aryl methyl sites for hydroxylation is 2. The molecule has 5 nitrogen and oxygen atoms in total. The minimum Gasteiger partial charge on any atom is -0.419 e. The molecule has 0 aliphatic carbocycles. The molecule has 118 valence electrons. The summed E-state index contributed by atoms with van der Waals surface area (Å²) in [5.41, 5.74) is 2.68. The number of nitrogens with one attached hydrogen (secondary N) is 1. The molecule has 2 heterocycles. The van der Waals surface area contributed by atoms with E-state index >= 15 is 0 Å². The van der Waals surface area contributed by atoms with Crippen LogP contribution in [-0.4, -0.2) is 16.1 Å². The van der Waals surface area contributed by atoms with Gasteiger partial charge in [0.25, 0.3) is 5.89 Å². The molecule has 0 saturated carbocycles. The zero-order valence-corrected chi connectivity index (χ0v) is 14.2. The Labute approximate surface area is 142 Å². The summed E-state index contributed by atoms with van der Waals surface area (Å²) in [5, 5.41) is 13.3. The number of anilines is 1. The van der Waals surface area contributed by atoms with E-state index in [1.807, 2.05) is 31.4 Å². The SMILES string of the molecule is Cc1ccc(Cl)cc1NC(=O)Cc1nnc(-c2sccc2C)o1. The van der Waals surface area contributed by atoms with Gasteiger partial charge in [-0.15, -0.1) is 21.5 Å². The summed E-state index contributed by atoms with van der Waals surface area (Å²) in [6.07, 6.45) is 0.0172. The van der Waals surface area contributed by atoms with Crippen LogP contribution in [0.1, 0.15) is 17.0 Å². The van der Waals surface area contributed by atoms with Crippen molar-refractivity contribution in [3.05, 3.63) is 51.7 Å². The van der Waals surface area contributed by atoms with E-state index < -0.39 is 0 Å². The number of carbonyl (C=O) groups is 1. The second kappa shape index (κ2) is 6.52. The summed E-state index contributed by atoms with van der Waals surface area (Å²) >= 11 is 7.47. The molecule has 0 saturated heterocycles. The topological polar surface area (TPSA) is 68.0 Å². The maximum atomic E-state index is 12.1. The van der Waals surface area contributed by atoms with Gasteiger partial charge in [-0.2, -0.15) is 0 Å². The first-order chi connectivity index (χ1) is 11.0. The first-order valence-electron chi connectivity index (χ1n) is 6.96. The van der Waals surface area contributed by atoms with E-state index in [1.165, 1.54) is 11.3 Å². The largest absolute Gasteiger partial charge is 0.419 e. The fraction of sp³-hybridized carbons (Fsp3) is 0.188. The number of aromatic nitrogens is 2. The summed E-state index contributed by atoms with van der Waals surface area (Å²) in [5.74, 6) is 0.498. The summed E-state index contributed by atoms with van der Waals surface area (Å²) < 4.78 is 5.57. The zero-order chi connectivity index (χ0) is 16.4. The van der Waals surface area contributed by atoms with Gasteiger partial charge in [0.1, 0.15) is 6.42 Å². The molecule has 0 atom stereocenters. The molecule has 1 aromatic carbocycles. The molecule has 0 spiro atoms. The number of amides is 1. The number of benzene rings is 1. The van der Waals surface area contributed by atoms with Crippen LogP contribution in [0.5, 0.6) is 0 Å². The van der Waals surface area contributed by atoms with E-state index in [1.54, 1.807) is 12.1 Å². The van der Waals surface area contributed by atoms with Gasteiger partial charge < -0.3 is 9.73 Å². The molecule has 1 amide bonds. The molecule has 0 aliphatic rings. The van der Waals surface area contributed by atoms with Crippen molar-refractivity contribution in [3.63, 3.8) is 0 Å². The van der Waals surface area contributed by atoms with Gasteiger partial charge in [0.05, 0.1) is 4.88 Å². The molecule has 1 N–H and O–H groups in total. The molecule has 7 heteroatoms. The minimum absolute atomic E-state index is 0.0172. The molecule has 0 unspecified atom stereocenters. The van der Waals surface area contributed by atoms with Crippen LogP contribution in [0, 0.1) is 13.8 Å². The van der Waals surface area contributed by atoms with Crippen molar-refractivity contribution >= 4 is 34.5 Å². The average molecular weight is 348 g/mol. The van der Waals surface area contributed by atoms with Gasteiger partial charge in [0.2, 0.25) is 11.8 Å². The van der Waals surface area contributed by atoms with Crippen LogP contribution >= 0.6 is 22.9 Å². The molecule has 23 heavy (non-hydrogen) atoms. The van der Waals surface area contributed by atoms with Gasteiger partial charge in [-0.3, -0.25) is 4.79 Å². The predicted molar refractivity (Wildman–Crippen MR) is 90.9 cm³/mol. The van der Waals surface area contributed by atoms with Crippen LogP contribution in [0.25, 0.3) is 10.8 Å². The highest BCUT2D eigenvalue weighted by Crippen LogP contribution is 2.27. The molecule has 0 radical (unpaired) electrons. The Morgan fingerprint density at radius 1 is 1.26 bits per heavy atom. The van der Waals surface area contributed by atoms with Crippen LogP contribution in [-0.2, 0) is 11.2 Å². The second-order valence-corrected chi connectivity index (χ2v) is 6.47. The lowest BCUT2D eigenvalue weighted by Gasteiger charge is -2.07. The number of hydrogen-bond acceptors (Lipinski definition) is 5. The maximum absolute atomic E-state index is 12.1. The first-order valence-corrected chi connectivity index (χ1v) is 8.21. The molecule has 2 aromatic heterocycles. The van der Waals surface area contributed by atoms with E-state index in [2.05, 4.69) is 15.5 Å². The van der Waals surface area contributed by atoms with Crippen molar-refractivity contribution in [1.82, 2.24) is 10.2 Å². The Kier molecular flexibility index (Phi) is 4.45. The van der Waals surface area contributed by atoms with Crippen molar-refractivity contribution in [1.29, 1.82) is 0 Å². The lowest BCUT2D eigenvalue weighted by molar-refractivity contribution is -0.115. The molecule has 3 aromatic rings. The Hall–Kier alpha value is -2.18. The molecular formula is C16H14ClN3O2S. The number of carbonyl (C=O) groups excluding carboxylic acids is 1. The van der Waals surface area contributed by atoms with Crippen LogP contribution in [0.4, 0.5) is 5.69 Å². The number of rotatable bonds is 4. The third-order valence-corrected chi connectivity index (χ3v) is 4.55. The first kappa shape index (κ1) is 15.7. The second-order valence-electron chi connectivity index (χ2n) is 5.12. The highest BCUT2D eigenvalue weighted by molar-refractivity contribution is 7.13. The van der Waals surface area contributed by atoms with E-state index in [0.29, 0.717) is 16.6 Å². The summed E-state index contributed by atoms with van der Waals surface area (Å²) in [6, 6.07) is 7.32. The van der Waals surface area contributed by atoms with Gasteiger partial charge in [-0.1, -0.05) is 17.7 Å². The van der Waals surface area contributed by atoms with E-state index in [-0.39, 0.29) is 18.2 Å². The fourth-order valence-electron chi connectivity index (χ4n) is 2.07. The third-order valence-electron chi connectivity index (χ3n) is 3.31. The zero-order valence-electron chi connectivity index (χ0n) is 12.6. The van der Waals surface area contributed by atoms with Crippen molar-refractivity contribution in [3.8, 4) is 10.8 Å². The summed E-state index contributed by atoms with van der Waals surface area (Å²) in [4.78, 5) is 13.1. The van der Waals surface area contributed by atoms with Gasteiger partial charge in [-0.25, -0.2) is 0 Å². The Morgan fingerprint density at radius 3 is 2.83 bits per heavy atom. The molecule has 3 rings (SSSR count). The van der Waals surface area contributed by atoms with Gasteiger partial charge >= 0.3 is 0 Å². The van der Waals surface area contributed by atoms with E-state index in [4.69, 9.17) is 16.0 Å². The third kappa shape index (κ3) is 3.60. The molecule has 0 fully saturated rings. The van der Waals surface area contributed by atoms with E-state index in [9.17, 15) is 4.79 Å². The van der Waals surface area contributed by atoms with Gasteiger partial charge in [-0.05, 0) is 48.6 Å². The number of hydrogen-bond donors (Lipinski definition) is 1. The van der Waals surface area contributed by atoms with Crippen LogP contribution in [0.15, 0.2) is 34.1 Å². The van der Waals surface area contributed by atoms with Crippen molar-refractivity contribution in [2.75, 3.05) is 5.32 Å². The molecule has 0 aliphatic heterocycles. The minimum atomic E-state index is -0.228. The van der Waals surface area contributed by atoms with Gasteiger partial charge in [0.15, 0.2) is 0 Å². The van der Waals surface area contributed by atoms with E-state index in [0.717, 1.165) is 16.0 Å². The Morgan fingerprint density at radius 2 is 2.09 bits per heavy atom. The normalized spacial score (nSPS) is 10.7. The Balaban J connectivity index is 1.70. The van der Waals surface area contributed by atoms with Crippen molar-refractivity contribution in [2.24, 2.45) is 0 Å².